The predicted octanol–water partition coefficient (Wildman–Crippen LogP) is 2.10. The molecule has 0 amide bonds. The molecule has 0 fully saturated rings. The van der Waals surface area contributed by atoms with Gasteiger partial charge in [0.1, 0.15) is 5.82 Å². The van der Waals surface area contributed by atoms with Gasteiger partial charge in [0.25, 0.3) is 0 Å². The third-order valence-corrected chi connectivity index (χ3v) is 5.05. The number of halogens is 1. The molecule has 25 heavy (non-hydrogen) atoms. The van der Waals surface area contributed by atoms with Crippen molar-refractivity contribution in [2.24, 2.45) is 0 Å². The molecule has 0 saturated heterocycles. The van der Waals surface area contributed by atoms with Gasteiger partial charge in [0.05, 0.1) is 10.5 Å². The van der Waals surface area contributed by atoms with Gasteiger partial charge in [0.2, 0.25) is 21.8 Å². The summed E-state index contributed by atoms with van der Waals surface area (Å²) in [5.41, 5.74) is 1.02. The van der Waals surface area contributed by atoms with Crippen LogP contribution in [0.25, 0.3) is 11.5 Å². The first kappa shape index (κ1) is 17.2. The van der Waals surface area contributed by atoms with Crippen LogP contribution in [0.2, 0.25) is 0 Å². The number of hydrogen-bond acceptors (Lipinski definition) is 6. The van der Waals surface area contributed by atoms with Crippen molar-refractivity contribution in [1.29, 1.82) is 0 Å². The Morgan fingerprint density at radius 2 is 2.08 bits per heavy atom. The van der Waals surface area contributed by atoms with Crippen molar-refractivity contribution < 1.29 is 17.2 Å². The lowest BCUT2D eigenvalue weighted by molar-refractivity contribution is 0.501. The molecular formula is C16H15FN4O3S. The van der Waals surface area contributed by atoms with Gasteiger partial charge in [-0.2, -0.15) is 0 Å². The quantitative estimate of drug-likeness (QED) is 0.721. The lowest BCUT2D eigenvalue weighted by Gasteiger charge is -2.08. The molecule has 0 aliphatic rings. The molecule has 9 heteroatoms. The highest BCUT2D eigenvalue weighted by Crippen LogP contribution is 2.17. The van der Waals surface area contributed by atoms with Crippen LogP contribution >= 0.6 is 0 Å². The van der Waals surface area contributed by atoms with Crippen LogP contribution < -0.4 is 4.72 Å². The first-order chi connectivity index (χ1) is 12.0. The third kappa shape index (κ3) is 4.06. The molecule has 0 atom stereocenters. The number of rotatable bonds is 6. The monoisotopic (exact) mass is 362 g/mol. The Labute approximate surface area is 144 Å². The molecule has 2 heterocycles. The first-order valence-electron chi connectivity index (χ1n) is 7.44. The number of benzene rings is 1. The Morgan fingerprint density at radius 3 is 2.80 bits per heavy atom. The van der Waals surface area contributed by atoms with E-state index in [0.29, 0.717) is 22.9 Å². The van der Waals surface area contributed by atoms with Crippen molar-refractivity contribution in [2.45, 2.75) is 18.2 Å². The van der Waals surface area contributed by atoms with Gasteiger partial charge in [-0.05, 0) is 42.8 Å². The van der Waals surface area contributed by atoms with E-state index in [1.807, 2.05) is 0 Å². The maximum atomic E-state index is 13.1. The van der Waals surface area contributed by atoms with Crippen LogP contribution in [0.4, 0.5) is 4.39 Å². The minimum atomic E-state index is -3.74. The fourth-order valence-electron chi connectivity index (χ4n) is 2.24. The van der Waals surface area contributed by atoms with E-state index in [1.165, 1.54) is 19.1 Å². The molecule has 0 bridgehead atoms. The maximum absolute atomic E-state index is 13.1. The first-order valence-corrected chi connectivity index (χ1v) is 8.92. The molecular weight excluding hydrogens is 347 g/mol. The topological polar surface area (TPSA) is 98.0 Å². The number of nitrogens with one attached hydrogen (secondary N) is 1. The van der Waals surface area contributed by atoms with Crippen LogP contribution in [0.15, 0.2) is 52.0 Å². The molecule has 1 N–H and O–H groups in total. The highest BCUT2D eigenvalue weighted by Gasteiger charge is 2.17. The summed E-state index contributed by atoms with van der Waals surface area (Å²) in [7, 11) is -3.74. The average Bonchev–Trinajstić information content (AvgIpc) is 3.04. The Morgan fingerprint density at radius 1 is 1.24 bits per heavy atom. The Balaban J connectivity index is 1.64. The number of aromatic nitrogens is 3. The number of aryl methyl sites for hydroxylation is 1. The highest BCUT2D eigenvalue weighted by molar-refractivity contribution is 7.89. The fraction of sp³-hybridized carbons (Fsp3) is 0.188. The van der Waals surface area contributed by atoms with Gasteiger partial charge < -0.3 is 4.42 Å². The lowest BCUT2D eigenvalue weighted by Crippen LogP contribution is -2.26. The average molecular weight is 362 g/mol. The second-order valence-electron chi connectivity index (χ2n) is 5.30. The number of hydrogen-bond donors (Lipinski definition) is 1. The molecule has 1 aromatic carbocycles. The van der Waals surface area contributed by atoms with Crippen LogP contribution in [0.3, 0.4) is 0 Å². The summed E-state index contributed by atoms with van der Waals surface area (Å²) in [5.74, 6) is 0.142. The Kier molecular flexibility index (Phi) is 4.86. The molecule has 0 unspecified atom stereocenters. The lowest BCUT2D eigenvalue weighted by atomic mass is 10.2. The summed E-state index contributed by atoms with van der Waals surface area (Å²) in [6, 6.07) is 7.05. The normalized spacial score (nSPS) is 11.6. The minimum absolute atomic E-state index is 0.0375. The summed E-state index contributed by atoms with van der Waals surface area (Å²) in [4.78, 5) is 4.00. The summed E-state index contributed by atoms with van der Waals surface area (Å²) in [6.45, 7) is 1.61. The van der Waals surface area contributed by atoms with Crippen molar-refractivity contribution in [3.8, 4) is 11.5 Å². The standard InChI is InChI=1S/C16H15FN4O3S/c1-11-9-13(17)4-5-14(11)25(22,23)19-8-6-15-20-21-16(24-15)12-3-2-7-18-10-12/h2-5,7,9-10,19H,6,8H2,1H3. The maximum Gasteiger partial charge on any atom is 0.249 e. The summed E-state index contributed by atoms with van der Waals surface area (Å²) < 4.78 is 45.6. The van der Waals surface area contributed by atoms with Crippen molar-refractivity contribution in [2.75, 3.05) is 6.54 Å². The van der Waals surface area contributed by atoms with E-state index in [-0.39, 0.29) is 17.9 Å². The van der Waals surface area contributed by atoms with Crippen LogP contribution in [0.5, 0.6) is 0 Å². The largest absolute Gasteiger partial charge is 0.421 e. The molecule has 3 aromatic rings. The second-order valence-corrected chi connectivity index (χ2v) is 7.04. The molecule has 0 aliphatic carbocycles. The van der Waals surface area contributed by atoms with Crippen molar-refractivity contribution in [1.82, 2.24) is 19.9 Å². The van der Waals surface area contributed by atoms with E-state index >= 15 is 0 Å². The van der Waals surface area contributed by atoms with E-state index in [0.717, 1.165) is 6.07 Å². The molecule has 0 radical (unpaired) electrons. The minimum Gasteiger partial charge on any atom is -0.421 e. The molecule has 0 spiro atoms. The molecule has 7 nitrogen and oxygen atoms in total. The molecule has 0 aliphatic heterocycles. The van der Waals surface area contributed by atoms with E-state index in [4.69, 9.17) is 4.42 Å². The number of sulfonamides is 1. The van der Waals surface area contributed by atoms with Crippen LogP contribution in [-0.2, 0) is 16.4 Å². The van der Waals surface area contributed by atoms with Crippen LogP contribution in [0.1, 0.15) is 11.5 Å². The van der Waals surface area contributed by atoms with Crippen molar-refractivity contribution in [3.63, 3.8) is 0 Å². The van der Waals surface area contributed by atoms with Crippen LogP contribution in [0, 0.1) is 12.7 Å². The van der Waals surface area contributed by atoms with Gasteiger partial charge in [0, 0.05) is 25.4 Å². The molecule has 3 rings (SSSR count). The van der Waals surface area contributed by atoms with Gasteiger partial charge in [-0.1, -0.05) is 0 Å². The molecule has 130 valence electrons. The predicted molar refractivity (Wildman–Crippen MR) is 87.6 cm³/mol. The summed E-state index contributed by atoms with van der Waals surface area (Å²) in [5, 5.41) is 7.79. The number of pyridine rings is 1. The number of nitrogens with zero attached hydrogens (tertiary/aromatic N) is 3. The Bertz CT molecular complexity index is 974. The van der Waals surface area contributed by atoms with Gasteiger partial charge >= 0.3 is 0 Å². The Hall–Kier alpha value is -2.65. The van der Waals surface area contributed by atoms with E-state index in [9.17, 15) is 12.8 Å². The van der Waals surface area contributed by atoms with Gasteiger partial charge in [-0.15, -0.1) is 10.2 Å². The van der Waals surface area contributed by atoms with E-state index < -0.39 is 15.8 Å². The van der Waals surface area contributed by atoms with Gasteiger partial charge in [0.15, 0.2) is 0 Å². The van der Waals surface area contributed by atoms with Gasteiger partial charge in [-0.3, -0.25) is 4.98 Å². The van der Waals surface area contributed by atoms with Gasteiger partial charge in [-0.25, -0.2) is 17.5 Å². The summed E-state index contributed by atoms with van der Waals surface area (Å²) >= 11 is 0. The second kappa shape index (κ2) is 7.08. The summed E-state index contributed by atoms with van der Waals surface area (Å²) in [6.07, 6.45) is 3.46. The third-order valence-electron chi connectivity index (χ3n) is 3.43. The van der Waals surface area contributed by atoms with Crippen LogP contribution in [-0.4, -0.2) is 30.1 Å². The van der Waals surface area contributed by atoms with Crippen molar-refractivity contribution in [3.05, 3.63) is 60.0 Å². The van der Waals surface area contributed by atoms with Crippen molar-refractivity contribution >= 4 is 10.0 Å². The molecule has 0 saturated carbocycles. The zero-order valence-electron chi connectivity index (χ0n) is 13.3. The van der Waals surface area contributed by atoms with E-state index in [1.54, 1.807) is 24.5 Å². The zero-order chi connectivity index (χ0) is 17.9. The van der Waals surface area contributed by atoms with E-state index in [2.05, 4.69) is 19.9 Å². The highest BCUT2D eigenvalue weighted by atomic mass is 32.2. The zero-order valence-corrected chi connectivity index (χ0v) is 14.1. The molecule has 2 aromatic heterocycles. The smallest absolute Gasteiger partial charge is 0.249 e. The SMILES string of the molecule is Cc1cc(F)ccc1S(=O)(=O)NCCc1nnc(-c2cccnc2)o1. The fourth-order valence-corrected chi connectivity index (χ4v) is 3.50.